The molecule has 6 heteroatoms. The van der Waals surface area contributed by atoms with Gasteiger partial charge in [0.15, 0.2) is 11.6 Å². The Morgan fingerprint density at radius 1 is 1.14 bits per heavy atom. The molecular formula is C15H12F2N4. The molecule has 2 aromatic heterocycles. The van der Waals surface area contributed by atoms with E-state index in [0.29, 0.717) is 17.9 Å². The van der Waals surface area contributed by atoms with Gasteiger partial charge < -0.3 is 10.3 Å². The first-order chi connectivity index (χ1) is 10.1. The fourth-order valence-electron chi connectivity index (χ4n) is 2.14. The lowest BCUT2D eigenvalue weighted by Gasteiger charge is -2.10. The predicted molar refractivity (Wildman–Crippen MR) is 75.3 cm³/mol. The zero-order chi connectivity index (χ0) is 14.8. The van der Waals surface area contributed by atoms with E-state index in [1.165, 1.54) is 12.1 Å². The van der Waals surface area contributed by atoms with Gasteiger partial charge in [0.1, 0.15) is 5.82 Å². The zero-order valence-electron chi connectivity index (χ0n) is 11.0. The summed E-state index contributed by atoms with van der Waals surface area (Å²) in [5, 5.41) is 0. The summed E-state index contributed by atoms with van der Waals surface area (Å²) in [5.74, 6) is -1.33. The maximum Gasteiger partial charge on any atom is 0.159 e. The molecule has 0 fully saturated rings. The maximum atomic E-state index is 13.3. The number of aromatic nitrogens is 3. The van der Waals surface area contributed by atoms with Gasteiger partial charge in [-0.3, -0.25) is 0 Å². The third-order valence-electron chi connectivity index (χ3n) is 3.16. The third kappa shape index (κ3) is 2.60. The molecule has 0 radical (unpaired) electrons. The molecule has 4 nitrogen and oxygen atoms in total. The summed E-state index contributed by atoms with van der Waals surface area (Å²) in [4.78, 5) is 8.12. The Morgan fingerprint density at radius 2 is 2.00 bits per heavy atom. The number of halogens is 2. The lowest BCUT2D eigenvalue weighted by Crippen LogP contribution is -2.03. The predicted octanol–water partition coefficient (Wildman–Crippen LogP) is 2.85. The molecule has 0 bridgehead atoms. The van der Waals surface area contributed by atoms with Crippen molar-refractivity contribution in [2.45, 2.75) is 6.54 Å². The van der Waals surface area contributed by atoms with Crippen LogP contribution in [0.1, 0.15) is 5.56 Å². The lowest BCUT2D eigenvalue weighted by atomic mass is 10.1. The van der Waals surface area contributed by atoms with Crippen molar-refractivity contribution < 1.29 is 8.78 Å². The molecule has 0 aliphatic heterocycles. The fourth-order valence-corrected chi connectivity index (χ4v) is 2.14. The van der Waals surface area contributed by atoms with E-state index in [1.54, 1.807) is 29.4 Å². The van der Waals surface area contributed by atoms with Crippen LogP contribution in [0.25, 0.3) is 11.3 Å². The van der Waals surface area contributed by atoms with Crippen LogP contribution in [0.2, 0.25) is 0 Å². The first-order valence-corrected chi connectivity index (χ1v) is 6.30. The molecule has 0 aliphatic carbocycles. The van der Waals surface area contributed by atoms with E-state index in [-0.39, 0.29) is 0 Å². The topological polar surface area (TPSA) is 56.7 Å². The molecule has 0 amide bonds. The van der Waals surface area contributed by atoms with Gasteiger partial charge in [-0.15, -0.1) is 0 Å². The molecule has 0 aliphatic rings. The van der Waals surface area contributed by atoms with Gasteiger partial charge in [0, 0.05) is 18.3 Å². The van der Waals surface area contributed by atoms with E-state index >= 15 is 0 Å². The molecule has 0 spiro atoms. The average molecular weight is 286 g/mol. The molecule has 3 rings (SSSR count). The van der Waals surface area contributed by atoms with Gasteiger partial charge in [0.2, 0.25) is 0 Å². The molecule has 3 aromatic rings. The number of nitrogens with zero attached hydrogens (tertiary/aromatic N) is 3. The summed E-state index contributed by atoms with van der Waals surface area (Å²) in [6.07, 6.45) is 4.88. The number of anilines is 1. The Balaban J connectivity index is 1.96. The first kappa shape index (κ1) is 13.2. The van der Waals surface area contributed by atoms with Crippen LogP contribution >= 0.6 is 0 Å². The second-order valence-corrected chi connectivity index (χ2v) is 4.59. The highest BCUT2D eigenvalue weighted by molar-refractivity contribution is 5.70. The molecule has 0 saturated heterocycles. The van der Waals surface area contributed by atoms with Crippen LogP contribution in [-0.4, -0.2) is 14.5 Å². The van der Waals surface area contributed by atoms with Crippen molar-refractivity contribution in [2.75, 3.05) is 5.73 Å². The van der Waals surface area contributed by atoms with Crippen molar-refractivity contribution in [3.05, 3.63) is 66.3 Å². The van der Waals surface area contributed by atoms with Crippen LogP contribution < -0.4 is 5.73 Å². The molecule has 0 atom stereocenters. The van der Waals surface area contributed by atoms with E-state index in [0.717, 1.165) is 17.3 Å². The van der Waals surface area contributed by atoms with E-state index in [4.69, 9.17) is 5.73 Å². The van der Waals surface area contributed by atoms with E-state index in [1.807, 2.05) is 6.07 Å². The zero-order valence-corrected chi connectivity index (χ0v) is 11.0. The lowest BCUT2D eigenvalue weighted by molar-refractivity contribution is 0.506. The normalized spacial score (nSPS) is 10.8. The minimum Gasteiger partial charge on any atom is -0.383 e. The average Bonchev–Trinajstić information content (AvgIpc) is 2.91. The molecule has 0 unspecified atom stereocenters. The van der Waals surface area contributed by atoms with Crippen LogP contribution in [0.3, 0.4) is 0 Å². The molecule has 2 heterocycles. The highest BCUT2D eigenvalue weighted by Gasteiger charge is 2.10. The Kier molecular flexibility index (Phi) is 3.35. The second kappa shape index (κ2) is 5.32. The van der Waals surface area contributed by atoms with Crippen LogP contribution in [0, 0.1) is 11.6 Å². The Bertz CT molecular complexity index is 783. The molecule has 106 valence electrons. The Morgan fingerprint density at radius 3 is 2.76 bits per heavy atom. The Hall–Kier alpha value is -2.76. The molecule has 0 saturated carbocycles. The van der Waals surface area contributed by atoms with Crippen LogP contribution in [0.5, 0.6) is 0 Å². The molecule has 21 heavy (non-hydrogen) atoms. The van der Waals surface area contributed by atoms with Crippen LogP contribution in [0.15, 0.2) is 49.1 Å². The number of pyridine rings is 1. The Labute approximate surface area is 119 Å². The van der Waals surface area contributed by atoms with Crippen molar-refractivity contribution in [2.24, 2.45) is 0 Å². The smallest absolute Gasteiger partial charge is 0.159 e. The largest absolute Gasteiger partial charge is 0.383 e. The number of imidazole rings is 1. The van der Waals surface area contributed by atoms with Gasteiger partial charge in [-0.05, 0) is 29.8 Å². The number of rotatable bonds is 3. The van der Waals surface area contributed by atoms with Gasteiger partial charge in [-0.2, -0.15) is 0 Å². The maximum absolute atomic E-state index is 13.3. The van der Waals surface area contributed by atoms with Crippen molar-refractivity contribution in [3.63, 3.8) is 0 Å². The number of hydrogen-bond acceptors (Lipinski definition) is 3. The van der Waals surface area contributed by atoms with Crippen molar-refractivity contribution >= 4 is 5.82 Å². The number of hydrogen-bond donors (Lipinski definition) is 1. The highest BCUT2D eigenvalue weighted by Crippen LogP contribution is 2.24. The van der Waals surface area contributed by atoms with Gasteiger partial charge >= 0.3 is 0 Å². The number of benzene rings is 1. The fraction of sp³-hybridized carbons (Fsp3) is 0.0667. The van der Waals surface area contributed by atoms with Crippen molar-refractivity contribution in [1.82, 2.24) is 14.5 Å². The molecular weight excluding hydrogens is 274 g/mol. The van der Waals surface area contributed by atoms with Gasteiger partial charge in [-0.25, -0.2) is 18.7 Å². The third-order valence-corrected chi connectivity index (χ3v) is 3.16. The summed E-state index contributed by atoms with van der Waals surface area (Å²) < 4.78 is 28.0. The van der Waals surface area contributed by atoms with E-state index in [2.05, 4.69) is 9.97 Å². The molecule has 1 aromatic carbocycles. The summed E-state index contributed by atoms with van der Waals surface area (Å²) in [6.45, 7) is 0.362. The summed E-state index contributed by atoms with van der Waals surface area (Å²) in [7, 11) is 0. The van der Waals surface area contributed by atoms with E-state index < -0.39 is 11.6 Å². The standard InChI is InChI=1S/C15H12F2N4/c16-12-4-3-10(6-13(12)17)8-21-9-19-7-14(21)11-2-1-5-20-15(11)18/h1-7,9H,8H2,(H2,18,20). The number of nitrogens with two attached hydrogens (primary N) is 1. The SMILES string of the molecule is Nc1ncccc1-c1cncn1Cc1ccc(F)c(F)c1. The second-order valence-electron chi connectivity index (χ2n) is 4.59. The molecule has 2 N–H and O–H groups in total. The minimum absolute atomic E-state index is 0.362. The number of nitrogen functional groups attached to an aromatic ring is 1. The minimum atomic E-state index is -0.866. The monoisotopic (exact) mass is 286 g/mol. The van der Waals surface area contributed by atoms with Gasteiger partial charge in [0.05, 0.1) is 18.2 Å². The van der Waals surface area contributed by atoms with Crippen LogP contribution in [-0.2, 0) is 6.54 Å². The van der Waals surface area contributed by atoms with Crippen LogP contribution in [0.4, 0.5) is 14.6 Å². The quantitative estimate of drug-likeness (QED) is 0.805. The van der Waals surface area contributed by atoms with Gasteiger partial charge in [-0.1, -0.05) is 6.07 Å². The van der Waals surface area contributed by atoms with E-state index in [9.17, 15) is 8.78 Å². The summed E-state index contributed by atoms with van der Waals surface area (Å²) in [5.41, 5.74) is 8.01. The van der Waals surface area contributed by atoms with Gasteiger partial charge in [0.25, 0.3) is 0 Å². The first-order valence-electron chi connectivity index (χ1n) is 6.30. The summed E-state index contributed by atoms with van der Waals surface area (Å²) >= 11 is 0. The highest BCUT2D eigenvalue weighted by atomic mass is 19.2. The summed E-state index contributed by atoms with van der Waals surface area (Å²) in [6, 6.07) is 7.43. The van der Waals surface area contributed by atoms with Crippen molar-refractivity contribution in [1.29, 1.82) is 0 Å². The van der Waals surface area contributed by atoms with Crippen molar-refractivity contribution in [3.8, 4) is 11.3 Å².